The Bertz CT molecular complexity index is 1630. The quantitative estimate of drug-likeness (QED) is 0.0797. The topological polar surface area (TPSA) is 153 Å². The number of hydrazone groups is 1. The lowest BCUT2D eigenvalue weighted by atomic mass is 9.95. The molecule has 44 heavy (non-hydrogen) atoms. The number of para-hydroxylation sites is 1. The van der Waals surface area contributed by atoms with Crippen molar-refractivity contribution < 1.29 is 28.7 Å². The molecule has 3 N–H and O–H groups in total. The van der Waals surface area contributed by atoms with E-state index in [4.69, 9.17) is 26.4 Å². The first kappa shape index (κ1) is 32.1. The summed E-state index contributed by atoms with van der Waals surface area (Å²) in [6.07, 6.45) is 1.43. The van der Waals surface area contributed by atoms with E-state index in [9.17, 15) is 19.7 Å². The molecule has 0 saturated heterocycles. The fraction of sp³-hybridized carbons (Fsp3) is 0.200. The van der Waals surface area contributed by atoms with Crippen LogP contribution in [-0.2, 0) is 20.9 Å². The van der Waals surface area contributed by atoms with Crippen molar-refractivity contribution in [3.05, 3.63) is 109 Å². The molecule has 228 valence electrons. The SMILES string of the molecule is CCOC(=O)C1=C(C)NC(=S)N[C@H]1c1ccccc1OCC(=O)NN=Cc1cc(Br)ccc1OCc1ccc([N+](=O)[O-])cc1. The summed E-state index contributed by atoms with van der Waals surface area (Å²) in [6.45, 7) is 3.48. The van der Waals surface area contributed by atoms with E-state index in [1.54, 1.807) is 68.4 Å². The van der Waals surface area contributed by atoms with Gasteiger partial charge in [-0.05, 0) is 68.0 Å². The molecule has 1 amide bonds. The van der Waals surface area contributed by atoms with Crippen LogP contribution in [0.2, 0.25) is 0 Å². The summed E-state index contributed by atoms with van der Waals surface area (Å²) in [6, 6.07) is 17.7. The Hall–Kier alpha value is -4.82. The lowest BCUT2D eigenvalue weighted by molar-refractivity contribution is -0.384. The van der Waals surface area contributed by atoms with Gasteiger partial charge in [-0.2, -0.15) is 5.10 Å². The van der Waals surface area contributed by atoms with Gasteiger partial charge in [0, 0.05) is 33.4 Å². The molecule has 0 fully saturated rings. The van der Waals surface area contributed by atoms with E-state index in [1.165, 1.54) is 18.3 Å². The van der Waals surface area contributed by atoms with Crippen molar-refractivity contribution in [1.29, 1.82) is 0 Å². The number of esters is 1. The molecule has 3 aromatic rings. The minimum absolute atomic E-state index is 0.00571. The Morgan fingerprint density at radius 3 is 2.59 bits per heavy atom. The van der Waals surface area contributed by atoms with Gasteiger partial charge in [0.1, 0.15) is 18.1 Å². The van der Waals surface area contributed by atoms with Crippen LogP contribution in [0.25, 0.3) is 0 Å². The predicted octanol–water partition coefficient (Wildman–Crippen LogP) is 4.82. The Labute approximate surface area is 266 Å². The number of rotatable bonds is 12. The van der Waals surface area contributed by atoms with Gasteiger partial charge in [0.05, 0.1) is 29.4 Å². The molecule has 4 rings (SSSR count). The normalized spacial score (nSPS) is 14.4. The van der Waals surface area contributed by atoms with Crippen molar-refractivity contribution in [2.75, 3.05) is 13.2 Å². The molecule has 0 bridgehead atoms. The first-order chi connectivity index (χ1) is 21.2. The number of thiocarbonyl (C=S) groups is 1. The van der Waals surface area contributed by atoms with E-state index in [1.807, 2.05) is 0 Å². The van der Waals surface area contributed by atoms with Gasteiger partial charge in [-0.3, -0.25) is 14.9 Å². The number of nitrogens with one attached hydrogen (secondary N) is 3. The number of carbonyl (C=O) groups excluding carboxylic acids is 2. The van der Waals surface area contributed by atoms with Gasteiger partial charge in [0.15, 0.2) is 11.7 Å². The van der Waals surface area contributed by atoms with E-state index in [0.29, 0.717) is 39.0 Å². The zero-order chi connectivity index (χ0) is 31.6. The number of ether oxygens (including phenoxy) is 3. The summed E-state index contributed by atoms with van der Waals surface area (Å²) in [7, 11) is 0. The molecule has 0 aliphatic carbocycles. The van der Waals surface area contributed by atoms with Gasteiger partial charge in [-0.25, -0.2) is 10.2 Å². The number of non-ortho nitro benzene ring substituents is 1. The minimum atomic E-state index is -0.652. The second-order valence-corrected chi connectivity index (χ2v) is 10.6. The number of nitrogens with zero attached hydrogens (tertiary/aromatic N) is 2. The number of halogens is 1. The van der Waals surface area contributed by atoms with Crippen LogP contribution < -0.4 is 25.5 Å². The molecular weight excluding hydrogens is 654 g/mol. The first-order valence-electron chi connectivity index (χ1n) is 13.3. The molecule has 14 heteroatoms. The molecule has 0 unspecified atom stereocenters. The summed E-state index contributed by atoms with van der Waals surface area (Å²) in [5, 5.41) is 21.3. The van der Waals surface area contributed by atoms with Crippen molar-refractivity contribution in [1.82, 2.24) is 16.1 Å². The molecular formula is C30H28BrN5O7S. The number of hydrogen-bond acceptors (Lipinski definition) is 9. The largest absolute Gasteiger partial charge is 0.488 e. The van der Waals surface area contributed by atoms with Crippen molar-refractivity contribution in [2.24, 2.45) is 5.10 Å². The summed E-state index contributed by atoms with van der Waals surface area (Å²) in [5.41, 5.74) is 5.26. The summed E-state index contributed by atoms with van der Waals surface area (Å²) >= 11 is 8.73. The van der Waals surface area contributed by atoms with Gasteiger partial charge >= 0.3 is 5.97 Å². The van der Waals surface area contributed by atoms with Crippen LogP contribution in [0.5, 0.6) is 11.5 Å². The maximum absolute atomic E-state index is 12.7. The summed E-state index contributed by atoms with van der Waals surface area (Å²) in [5.74, 6) is -0.159. The van der Waals surface area contributed by atoms with Crippen molar-refractivity contribution in [2.45, 2.75) is 26.5 Å². The molecule has 0 spiro atoms. The molecule has 0 aromatic heterocycles. The van der Waals surface area contributed by atoms with Crippen molar-refractivity contribution >= 4 is 57.0 Å². The van der Waals surface area contributed by atoms with Gasteiger partial charge in [0.2, 0.25) is 0 Å². The number of carbonyl (C=O) groups is 2. The van der Waals surface area contributed by atoms with Crippen LogP contribution >= 0.6 is 28.1 Å². The highest BCUT2D eigenvalue weighted by Gasteiger charge is 2.32. The second-order valence-electron chi connectivity index (χ2n) is 9.30. The van der Waals surface area contributed by atoms with Gasteiger partial charge in [0.25, 0.3) is 11.6 Å². The first-order valence-corrected chi connectivity index (χ1v) is 14.5. The number of hydrogen-bond donors (Lipinski definition) is 3. The number of nitro groups is 1. The summed E-state index contributed by atoms with van der Waals surface area (Å²) in [4.78, 5) is 35.8. The Morgan fingerprint density at radius 2 is 1.86 bits per heavy atom. The number of nitro benzene ring substituents is 1. The number of allylic oxidation sites excluding steroid dienone is 1. The van der Waals surface area contributed by atoms with E-state index in [2.05, 4.69) is 37.1 Å². The fourth-order valence-electron chi connectivity index (χ4n) is 4.23. The van der Waals surface area contributed by atoms with Crippen molar-refractivity contribution in [3.63, 3.8) is 0 Å². The van der Waals surface area contributed by atoms with E-state index in [0.717, 1.165) is 10.0 Å². The minimum Gasteiger partial charge on any atom is -0.488 e. The van der Waals surface area contributed by atoms with Gasteiger partial charge < -0.3 is 24.8 Å². The molecule has 1 heterocycles. The van der Waals surface area contributed by atoms with Crippen LogP contribution in [0.3, 0.4) is 0 Å². The highest BCUT2D eigenvalue weighted by Crippen LogP contribution is 2.33. The molecule has 0 saturated carbocycles. The Kier molecular flexibility index (Phi) is 11.0. The molecule has 1 aliphatic rings. The zero-order valence-corrected chi connectivity index (χ0v) is 26.1. The van der Waals surface area contributed by atoms with Gasteiger partial charge in [-0.1, -0.05) is 34.1 Å². The van der Waals surface area contributed by atoms with Crippen molar-refractivity contribution in [3.8, 4) is 11.5 Å². The van der Waals surface area contributed by atoms with Gasteiger partial charge in [-0.15, -0.1) is 0 Å². The average Bonchev–Trinajstić information content (AvgIpc) is 2.99. The zero-order valence-electron chi connectivity index (χ0n) is 23.7. The Balaban J connectivity index is 1.40. The average molecular weight is 683 g/mol. The van der Waals surface area contributed by atoms with E-state index >= 15 is 0 Å². The standard InChI is InChI=1S/C30H28BrN5O7S/c1-3-41-29(38)27-18(2)33-30(44)34-28(27)23-6-4-5-7-25(23)43-17-26(37)35-32-15-20-14-21(31)10-13-24(20)42-16-19-8-11-22(12-9-19)36(39)40/h4-15,28H,3,16-17H2,1-2H3,(H,35,37)(H2,33,34,44)/t28-/m0/s1. The third-order valence-corrected chi connectivity index (χ3v) is 6.97. The predicted molar refractivity (Wildman–Crippen MR) is 170 cm³/mol. The van der Waals surface area contributed by atoms with E-state index < -0.39 is 22.8 Å². The number of benzene rings is 3. The maximum Gasteiger partial charge on any atom is 0.338 e. The highest BCUT2D eigenvalue weighted by molar-refractivity contribution is 9.10. The van der Waals surface area contributed by atoms with Crippen LogP contribution in [0.4, 0.5) is 5.69 Å². The second kappa shape index (κ2) is 15.1. The lowest BCUT2D eigenvalue weighted by Gasteiger charge is -2.30. The van der Waals surface area contributed by atoms with Crippen LogP contribution in [0.1, 0.15) is 36.6 Å². The van der Waals surface area contributed by atoms with Crippen LogP contribution in [-0.4, -0.2) is 41.3 Å². The molecule has 1 aliphatic heterocycles. The molecule has 12 nitrogen and oxygen atoms in total. The third kappa shape index (κ3) is 8.39. The Morgan fingerprint density at radius 1 is 1.11 bits per heavy atom. The third-order valence-electron chi connectivity index (χ3n) is 6.26. The van der Waals surface area contributed by atoms with Crippen LogP contribution in [0.15, 0.2) is 87.6 Å². The van der Waals surface area contributed by atoms with Crippen LogP contribution in [0, 0.1) is 10.1 Å². The lowest BCUT2D eigenvalue weighted by Crippen LogP contribution is -2.45. The highest BCUT2D eigenvalue weighted by atomic mass is 79.9. The van der Waals surface area contributed by atoms with E-state index in [-0.39, 0.29) is 25.5 Å². The number of amides is 1. The molecule has 1 atom stereocenters. The maximum atomic E-state index is 12.7. The molecule has 0 radical (unpaired) electrons. The smallest absolute Gasteiger partial charge is 0.338 e. The molecule has 3 aromatic carbocycles. The fourth-order valence-corrected chi connectivity index (χ4v) is 4.88. The summed E-state index contributed by atoms with van der Waals surface area (Å²) < 4.78 is 17.7. The monoisotopic (exact) mass is 681 g/mol.